The maximum absolute atomic E-state index is 5.38. The first-order valence-corrected chi connectivity index (χ1v) is 7.41. The van der Waals surface area contributed by atoms with E-state index in [9.17, 15) is 0 Å². The number of hydrogen-bond donors (Lipinski definition) is 1. The van der Waals surface area contributed by atoms with Crippen molar-refractivity contribution in [2.45, 2.75) is 13.5 Å². The molecule has 5 heteroatoms. The quantitative estimate of drug-likeness (QED) is 0.909. The van der Waals surface area contributed by atoms with Crippen LogP contribution in [0.1, 0.15) is 12.6 Å². The summed E-state index contributed by atoms with van der Waals surface area (Å²) in [4.78, 5) is 4.62. The SMILES string of the molecule is CCNCc1csc(-c2cc(Br)ccc2OC)n1. The zero-order valence-electron chi connectivity index (χ0n) is 10.4. The number of rotatable bonds is 5. The molecule has 1 aromatic heterocycles. The zero-order chi connectivity index (χ0) is 13.0. The van der Waals surface area contributed by atoms with E-state index in [2.05, 4.69) is 38.5 Å². The van der Waals surface area contributed by atoms with Gasteiger partial charge in [0.1, 0.15) is 10.8 Å². The van der Waals surface area contributed by atoms with Crippen molar-refractivity contribution in [1.29, 1.82) is 0 Å². The minimum absolute atomic E-state index is 0.809. The summed E-state index contributed by atoms with van der Waals surface area (Å²) >= 11 is 5.12. The first-order chi connectivity index (χ1) is 8.74. The van der Waals surface area contributed by atoms with Gasteiger partial charge >= 0.3 is 0 Å². The third-order valence-electron chi connectivity index (χ3n) is 2.50. The van der Waals surface area contributed by atoms with Gasteiger partial charge < -0.3 is 10.1 Å². The number of methoxy groups -OCH3 is 1. The van der Waals surface area contributed by atoms with Gasteiger partial charge in [-0.1, -0.05) is 22.9 Å². The highest BCUT2D eigenvalue weighted by atomic mass is 79.9. The van der Waals surface area contributed by atoms with E-state index in [-0.39, 0.29) is 0 Å². The largest absolute Gasteiger partial charge is 0.496 e. The van der Waals surface area contributed by atoms with E-state index in [4.69, 9.17) is 4.74 Å². The fourth-order valence-electron chi connectivity index (χ4n) is 1.61. The molecule has 0 aliphatic carbocycles. The Bertz CT molecular complexity index is 527. The van der Waals surface area contributed by atoms with E-state index in [1.54, 1.807) is 18.4 Å². The van der Waals surface area contributed by atoms with E-state index in [1.807, 2.05) is 18.2 Å². The normalized spacial score (nSPS) is 10.6. The van der Waals surface area contributed by atoms with Crippen LogP contribution in [-0.4, -0.2) is 18.6 Å². The summed E-state index contributed by atoms with van der Waals surface area (Å²) in [6.45, 7) is 3.85. The van der Waals surface area contributed by atoms with Crippen LogP contribution in [0.15, 0.2) is 28.1 Å². The number of thiazole rings is 1. The molecule has 18 heavy (non-hydrogen) atoms. The Morgan fingerprint density at radius 2 is 2.28 bits per heavy atom. The second kappa shape index (κ2) is 6.31. The first-order valence-electron chi connectivity index (χ1n) is 5.73. The van der Waals surface area contributed by atoms with Crippen LogP contribution in [0.25, 0.3) is 10.6 Å². The first kappa shape index (κ1) is 13.5. The minimum Gasteiger partial charge on any atom is -0.496 e. The summed E-state index contributed by atoms with van der Waals surface area (Å²) < 4.78 is 6.40. The predicted molar refractivity (Wildman–Crippen MR) is 79.2 cm³/mol. The second-order valence-corrected chi connectivity index (χ2v) is 5.54. The lowest BCUT2D eigenvalue weighted by Gasteiger charge is -2.06. The third-order valence-corrected chi connectivity index (χ3v) is 3.92. The van der Waals surface area contributed by atoms with Gasteiger partial charge in [0.2, 0.25) is 0 Å². The van der Waals surface area contributed by atoms with Gasteiger partial charge in [0, 0.05) is 16.4 Å². The van der Waals surface area contributed by atoms with Crippen LogP contribution in [0.5, 0.6) is 5.75 Å². The van der Waals surface area contributed by atoms with Gasteiger partial charge in [-0.25, -0.2) is 4.98 Å². The van der Waals surface area contributed by atoms with Crippen molar-refractivity contribution in [3.63, 3.8) is 0 Å². The highest BCUT2D eigenvalue weighted by molar-refractivity contribution is 9.10. The van der Waals surface area contributed by atoms with Crippen molar-refractivity contribution in [2.24, 2.45) is 0 Å². The van der Waals surface area contributed by atoms with Crippen LogP contribution in [0.4, 0.5) is 0 Å². The van der Waals surface area contributed by atoms with Crippen LogP contribution >= 0.6 is 27.3 Å². The summed E-state index contributed by atoms with van der Waals surface area (Å²) in [5.74, 6) is 0.850. The molecule has 0 unspecified atom stereocenters. The molecule has 0 saturated carbocycles. The fourth-order valence-corrected chi connectivity index (χ4v) is 2.81. The highest BCUT2D eigenvalue weighted by Gasteiger charge is 2.10. The van der Waals surface area contributed by atoms with Gasteiger partial charge in [0.05, 0.1) is 18.4 Å². The number of nitrogens with zero attached hydrogens (tertiary/aromatic N) is 1. The van der Waals surface area contributed by atoms with Crippen LogP contribution in [0, 0.1) is 0 Å². The molecule has 0 saturated heterocycles. The van der Waals surface area contributed by atoms with E-state index < -0.39 is 0 Å². The maximum atomic E-state index is 5.38. The standard InChI is InChI=1S/C13H15BrN2OS/c1-3-15-7-10-8-18-13(16-10)11-6-9(14)4-5-12(11)17-2/h4-6,8,15H,3,7H2,1-2H3. The molecule has 0 aliphatic rings. The number of benzene rings is 1. The highest BCUT2D eigenvalue weighted by Crippen LogP contribution is 2.34. The van der Waals surface area contributed by atoms with Crippen LogP contribution in [-0.2, 0) is 6.54 Å². The smallest absolute Gasteiger partial charge is 0.129 e. The van der Waals surface area contributed by atoms with Gasteiger partial charge in [0.25, 0.3) is 0 Å². The molecular formula is C13H15BrN2OS. The molecular weight excluding hydrogens is 312 g/mol. The number of halogens is 1. The van der Waals surface area contributed by atoms with Crippen LogP contribution in [0.2, 0.25) is 0 Å². The Balaban J connectivity index is 2.30. The number of hydrogen-bond acceptors (Lipinski definition) is 4. The Labute approximate surface area is 119 Å². The van der Waals surface area contributed by atoms with Gasteiger partial charge in [-0.05, 0) is 24.7 Å². The summed E-state index contributed by atoms with van der Waals surface area (Å²) in [5.41, 5.74) is 2.10. The zero-order valence-corrected chi connectivity index (χ0v) is 12.8. The van der Waals surface area contributed by atoms with E-state index in [1.165, 1.54) is 0 Å². The van der Waals surface area contributed by atoms with Crippen molar-refractivity contribution in [3.05, 3.63) is 33.7 Å². The van der Waals surface area contributed by atoms with Crippen molar-refractivity contribution in [1.82, 2.24) is 10.3 Å². The summed E-state index contributed by atoms with van der Waals surface area (Å²) in [6.07, 6.45) is 0. The lowest BCUT2D eigenvalue weighted by Crippen LogP contribution is -2.11. The Morgan fingerprint density at radius 1 is 1.44 bits per heavy atom. The van der Waals surface area contributed by atoms with Crippen LogP contribution in [0.3, 0.4) is 0 Å². The molecule has 1 heterocycles. The van der Waals surface area contributed by atoms with Crippen molar-refractivity contribution < 1.29 is 4.74 Å². The fraction of sp³-hybridized carbons (Fsp3) is 0.308. The monoisotopic (exact) mass is 326 g/mol. The Morgan fingerprint density at radius 3 is 3.00 bits per heavy atom. The van der Waals surface area contributed by atoms with E-state index in [0.29, 0.717) is 0 Å². The summed E-state index contributed by atoms with van der Waals surface area (Å²) in [7, 11) is 1.68. The third kappa shape index (κ3) is 3.10. The molecule has 0 aliphatic heterocycles. The molecule has 1 aromatic carbocycles. The number of nitrogens with one attached hydrogen (secondary N) is 1. The van der Waals surface area contributed by atoms with Crippen molar-refractivity contribution in [3.8, 4) is 16.3 Å². The topological polar surface area (TPSA) is 34.1 Å². The lowest BCUT2D eigenvalue weighted by molar-refractivity contribution is 0.416. The minimum atomic E-state index is 0.809. The molecule has 0 fully saturated rings. The lowest BCUT2D eigenvalue weighted by atomic mass is 10.2. The molecule has 3 nitrogen and oxygen atoms in total. The predicted octanol–water partition coefficient (Wildman–Crippen LogP) is 3.69. The van der Waals surface area contributed by atoms with Crippen LogP contribution < -0.4 is 10.1 Å². The van der Waals surface area contributed by atoms with Gasteiger partial charge in [-0.15, -0.1) is 11.3 Å². The van der Waals surface area contributed by atoms with Gasteiger partial charge in [-0.2, -0.15) is 0 Å². The molecule has 2 aromatic rings. The average molecular weight is 327 g/mol. The van der Waals surface area contributed by atoms with Gasteiger partial charge in [0.15, 0.2) is 0 Å². The molecule has 0 bridgehead atoms. The molecule has 96 valence electrons. The molecule has 1 N–H and O–H groups in total. The van der Waals surface area contributed by atoms with Gasteiger partial charge in [-0.3, -0.25) is 0 Å². The molecule has 2 rings (SSSR count). The molecule has 0 radical (unpaired) electrons. The molecule has 0 amide bonds. The van der Waals surface area contributed by atoms with Crippen molar-refractivity contribution in [2.75, 3.05) is 13.7 Å². The molecule has 0 atom stereocenters. The maximum Gasteiger partial charge on any atom is 0.129 e. The second-order valence-electron chi connectivity index (χ2n) is 3.77. The summed E-state index contributed by atoms with van der Waals surface area (Å²) in [6, 6.07) is 5.95. The van der Waals surface area contributed by atoms with E-state index in [0.717, 1.165) is 39.6 Å². The number of aromatic nitrogens is 1. The molecule has 0 spiro atoms. The Kier molecular flexibility index (Phi) is 4.74. The van der Waals surface area contributed by atoms with E-state index >= 15 is 0 Å². The average Bonchev–Trinajstić information content (AvgIpc) is 2.85. The Hall–Kier alpha value is -0.910. The summed E-state index contributed by atoms with van der Waals surface area (Å²) in [5, 5.41) is 6.34. The number of ether oxygens (including phenoxy) is 1. The van der Waals surface area contributed by atoms with Crippen molar-refractivity contribution >= 4 is 27.3 Å².